The highest BCUT2D eigenvalue weighted by Gasteiger charge is 2.20. The van der Waals surface area contributed by atoms with Crippen molar-refractivity contribution in [1.82, 2.24) is 9.80 Å². The Kier molecular flexibility index (Phi) is 4.04. The monoisotopic (exact) mass is 265 g/mol. The summed E-state index contributed by atoms with van der Waals surface area (Å²) < 4.78 is 13.7. The number of amides is 1. The van der Waals surface area contributed by atoms with Crippen LogP contribution in [0.1, 0.15) is 22.3 Å². The molecule has 0 bridgehead atoms. The average Bonchev–Trinajstić information content (AvgIpc) is 2.59. The maximum atomic E-state index is 13.7. The van der Waals surface area contributed by atoms with Gasteiger partial charge in [-0.1, -0.05) is 0 Å². The van der Waals surface area contributed by atoms with Crippen LogP contribution in [-0.2, 0) is 0 Å². The van der Waals surface area contributed by atoms with Crippen LogP contribution in [0.25, 0.3) is 0 Å². The predicted octanol–water partition coefficient (Wildman–Crippen LogP) is 1.49. The molecule has 1 aliphatic rings. The fraction of sp³-hybridized carbons (Fsp3) is 0.500. The van der Waals surface area contributed by atoms with Gasteiger partial charge in [-0.2, -0.15) is 0 Å². The molecular weight excluding hydrogens is 245 g/mol. The number of likely N-dealkylation sites (N-methyl/N-ethyl adjacent to an activating group) is 1. The Labute approximate surface area is 113 Å². The summed E-state index contributed by atoms with van der Waals surface area (Å²) in [6, 6.07) is 2.85. The smallest absolute Gasteiger partial charge is 0.254 e. The van der Waals surface area contributed by atoms with Crippen LogP contribution in [-0.4, -0.2) is 48.9 Å². The van der Waals surface area contributed by atoms with E-state index in [0.717, 1.165) is 19.5 Å². The summed E-state index contributed by atoms with van der Waals surface area (Å²) in [4.78, 5) is 16.3. The molecule has 1 aromatic carbocycles. The van der Waals surface area contributed by atoms with E-state index in [2.05, 4.69) is 4.90 Å². The largest absolute Gasteiger partial charge is 0.398 e. The van der Waals surface area contributed by atoms with Gasteiger partial charge in [0.2, 0.25) is 0 Å². The summed E-state index contributed by atoms with van der Waals surface area (Å²) in [6.45, 7) is 4.81. The van der Waals surface area contributed by atoms with E-state index in [4.69, 9.17) is 5.73 Å². The van der Waals surface area contributed by atoms with Gasteiger partial charge in [0.05, 0.1) is 0 Å². The zero-order valence-corrected chi connectivity index (χ0v) is 11.4. The van der Waals surface area contributed by atoms with Crippen molar-refractivity contribution < 1.29 is 9.18 Å². The number of rotatable bonds is 1. The second-order valence-corrected chi connectivity index (χ2v) is 5.12. The molecule has 1 aliphatic heterocycles. The molecule has 0 aliphatic carbocycles. The Hall–Kier alpha value is -1.62. The zero-order chi connectivity index (χ0) is 14.0. The van der Waals surface area contributed by atoms with E-state index >= 15 is 0 Å². The van der Waals surface area contributed by atoms with Gasteiger partial charge in [0, 0.05) is 36.4 Å². The summed E-state index contributed by atoms with van der Waals surface area (Å²) in [5, 5.41) is 0. The Balaban J connectivity index is 2.19. The molecule has 19 heavy (non-hydrogen) atoms. The first-order valence-corrected chi connectivity index (χ1v) is 6.52. The third-order valence-corrected chi connectivity index (χ3v) is 3.64. The molecular formula is C14H20FN3O. The molecule has 0 atom stereocenters. The molecule has 1 saturated heterocycles. The van der Waals surface area contributed by atoms with Crippen LogP contribution in [0.3, 0.4) is 0 Å². The minimum Gasteiger partial charge on any atom is -0.398 e. The van der Waals surface area contributed by atoms with Crippen molar-refractivity contribution in [3.63, 3.8) is 0 Å². The molecule has 5 heteroatoms. The third kappa shape index (κ3) is 3.04. The Morgan fingerprint density at radius 3 is 2.68 bits per heavy atom. The van der Waals surface area contributed by atoms with Crippen molar-refractivity contribution in [3.8, 4) is 0 Å². The van der Waals surface area contributed by atoms with E-state index in [9.17, 15) is 9.18 Å². The fourth-order valence-electron chi connectivity index (χ4n) is 2.26. The highest BCUT2D eigenvalue weighted by atomic mass is 19.1. The van der Waals surface area contributed by atoms with Crippen LogP contribution in [0, 0.1) is 12.7 Å². The van der Waals surface area contributed by atoms with Gasteiger partial charge in [-0.15, -0.1) is 0 Å². The molecule has 4 nitrogen and oxygen atoms in total. The number of nitrogen functional groups attached to an aromatic ring is 1. The number of anilines is 1. The maximum Gasteiger partial charge on any atom is 0.254 e. The highest BCUT2D eigenvalue weighted by molar-refractivity contribution is 5.95. The van der Waals surface area contributed by atoms with Crippen molar-refractivity contribution in [2.24, 2.45) is 0 Å². The Morgan fingerprint density at radius 2 is 2.00 bits per heavy atom. The zero-order valence-electron chi connectivity index (χ0n) is 11.4. The summed E-state index contributed by atoms with van der Waals surface area (Å²) in [5.41, 5.74) is 6.79. The quantitative estimate of drug-likeness (QED) is 0.783. The summed E-state index contributed by atoms with van der Waals surface area (Å²) in [5.74, 6) is -0.559. The van der Waals surface area contributed by atoms with Crippen molar-refractivity contribution in [3.05, 3.63) is 29.1 Å². The van der Waals surface area contributed by atoms with E-state index < -0.39 is 5.82 Å². The number of carbonyl (C=O) groups excluding carboxylic acids is 1. The molecule has 1 heterocycles. The molecule has 0 unspecified atom stereocenters. The fourth-order valence-corrected chi connectivity index (χ4v) is 2.26. The number of hydrogen-bond acceptors (Lipinski definition) is 3. The van der Waals surface area contributed by atoms with Crippen molar-refractivity contribution in [2.75, 3.05) is 39.0 Å². The Bertz CT molecular complexity index is 467. The number of nitrogens with two attached hydrogens (primary N) is 1. The van der Waals surface area contributed by atoms with Gasteiger partial charge in [0.25, 0.3) is 5.91 Å². The summed E-state index contributed by atoms with van der Waals surface area (Å²) in [6.07, 6.45) is 0.937. The van der Waals surface area contributed by atoms with Gasteiger partial charge in [-0.25, -0.2) is 4.39 Å². The molecule has 2 N–H and O–H groups in total. The lowest BCUT2D eigenvalue weighted by atomic mass is 10.1. The van der Waals surface area contributed by atoms with Crippen LogP contribution in [0.2, 0.25) is 0 Å². The average molecular weight is 265 g/mol. The molecule has 0 saturated carbocycles. The van der Waals surface area contributed by atoms with Gasteiger partial charge >= 0.3 is 0 Å². The molecule has 1 aromatic rings. The number of halogens is 1. The Morgan fingerprint density at radius 1 is 1.26 bits per heavy atom. The first-order chi connectivity index (χ1) is 8.99. The summed E-state index contributed by atoms with van der Waals surface area (Å²) in [7, 11) is 2.04. The van der Waals surface area contributed by atoms with Gasteiger partial charge in [-0.05, 0) is 39.1 Å². The van der Waals surface area contributed by atoms with Gasteiger partial charge in [0.15, 0.2) is 0 Å². The molecule has 1 amide bonds. The number of nitrogens with zero attached hydrogens (tertiary/aromatic N) is 2. The minimum absolute atomic E-state index is 0.138. The first-order valence-electron chi connectivity index (χ1n) is 6.52. The minimum atomic E-state index is -0.421. The molecule has 0 aromatic heterocycles. The molecule has 0 spiro atoms. The summed E-state index contributed by atoms with van der Waals surface area (Å²) >= 11 is 0. The van der Waals surface area contributed by atoms with Gasteiger partial charge in [-0.3, -0.25) is 4.79 Å². The lowest BCUT2D eigenvalue weighted by molar-refractivity contribution is 0.0762. The molecule has 2 rings (SSSR count). The highest BCUT2D eigenvalue weighted by Crippen LogP contribution is 2.19. The maximum absolute atomic E-state index is 13.7. The topological polar surface area (TPSA) is 49.6 Å². The van der Waals surface area contributed by atoms with Gasteiger partial charge in [0.1, 0.15) is 5.82 Å². The number of benzene rings is 1. The van der Waals surface area contributed by atoms with Crippen LogP contribution in [0.5, 0.6) is 0 Å². The van der Waals surface area contributed by atoms with Crippen molar-refractivity contribution in [2.45, 2.75) is 13.3 Å². The van der Waals surface area contributed by atoms with E-state index in [-0.39, 0.29) is 5.91 Å². The van der Waals surface area contributed by atoms with Crippen molar-refractivity contribution >= 4 is 11.6 Å². The van der Waals surface area contributed by atoms with Crippen molar-refractivity contribution in [1.29, 1.82) is 0 Å². The third-order valence-electron chi connectivity index (χ3n) is 3.64. The normalized spacial score (nSPS) is 17.3. The van der Waals surface area contributed by atoms with Gasteiger partial charge < -0.3 is 15.5 Å². The molecule has 1 fully saturated rings. The second kappa shape index (κ2) is 5.57. The predicted molar refractivity (Wildman–Crippen MR) is 73.6 cm³/mol. The van der Waals surface area contributed by atoms with E-state index in [0.29, 0.717) is 29.9 Å². The number of hydrogen-bond donors (Lipinski definition) is 1. The van der Waals surface area contributed by atoms with E-state index in [1.165, 1.54) is 6.07 Å². The molecule has 0 radical (unpaired) electrons. The SMILES string of the molecule is Cc1c(N)cc(C(=O)N2CCCN(C)CC2)cc1F. The van der Waals surface area contributed by atoms with Crippen LogP contribution in [0.15, 0.2) is 12.1 Å². The standard InChI is InChI=1S/C14H20FN3O/c1-10-12(15)8-11(9-13(10)16)14(19)18-5-3-4-17(2)6-7-18/h8-9H,3-7,16H2,1-2H3. The van der Waals surface area contributed by atoms with Crippen LogP contribution < -0.4 is 5.73 Å². The number of carbonyl (C=O) groups is 1. The molecule has 104 valence electrons. The second-order valence-electron chi connectivity index (χ2n) is 5.12. The van der Waals surface area contributed by atoms with E-state index in [1.54, 1.807) is 17.9 Å². The lowest BCUT2D eigenvalue weighted by Gasteiger charge is -2.21. The first kappa shape index (κ1) is 13.8. The van der Waals surface area contributed by atoms with Crippen LogP contribution in [0.4, 0.5) is 10.1 Å². The lowest BCUT2D eigenvalue weighted by Crippen LogP contribution is -2.34. The van der Waals surface area contributed by atoms with E-state index in [1.807, 2.05) is 7.05 Å². The van der Waals surface area contributed by atoms with Crippen LogP contribution >= 0.6 is 0 Å².